The Labute approximate surface area is 123 Å². The number of nitro benzene ring substituents is 1. The van der Waals surface area contributed by atoms with Gasteiger partial charge >= 0.3 is 5.69 Å². The molecule has 0 saturated heterocycles. The largest absolute Gasteiger partial charge is 0.496 e. The molecule has 0 N–H and O–H groups in total. The third kappa shape index (κ3) is 5.57. The summed E-state index contributed by atoms with van der Waals surface area (Å²) in [6.45, 7) is 5.08. The van der Waals surface area contributed by atoms with Crippen LogP contribution in [0.1, 0.15) is 20.3 Å². The average Bonchev–Trinajstić information content (AvgIpc) is 2.47. The molecule has 0 aliphatic carbocycles. The predicted octanol–water partition coefficient (Wildman–Crippen LogP) is 2.77. The smallest absolute Gasteiger partial charge is 0.314 e. The fourth-order valence-electron chi connectivity index (χ4n) is 1.74. The zero-order valence-corrected chi connectivity index (χ0v) is 12.5. The standard InChI is InChI=1S/C14H21NO6/c1-4-19-14(20-5-2)8-9-21-13-7-6-11(18-3)10-12(13)15(16)17/h6-7,10,14H,4-5,8-9H2,1-3H3. The molecule has 21 heavy (non-hydrogen) atoms. The van der Waals surface area contributed by atoms with E-state index in [4.69, 9.17) is 18.9 Å². The Balaban J connectivity index is 2.63. The van der Waals surface area contributed by atoms with Gasteiger partial charge in [0.25, 0.3) is 0 Å². The van der Waals surface area contributed by atoms with Gasteiger partial charge in [0.1, 0.15) is 5.75 Å². The van der Waals surface area contributed by atoms with Crippen LogP contribution in [0, 0.1) is 10.1 Å². The van der Waals surface area contributed by atoms with Gasteiger partial charge in [-0.05, 0) is 26.0 Å². The summed E-state index contributed by atoms with van der Waals surface area (Å²) in [7, 11) is 1.45. The molecular formula is C14H21NO6. The maximum Gasteiger partial charge on any atom is 0.314 e. The molecule has 1 rings (SSSR count). The third-order valence-electron chi connectivity index (χ3n) is 2.68. The fraction of sp³-hybridized carbons (Fsp3) is 0.571. The summed E-state index contributed by atoms with van der Waals surface area (Å²) < 4.78 is 21.2. The molecule has 0 aliphatic heterocycles. The van der Waals surface area contributed by atoms with Gasteiger partial charge in [0.05, 0.1) is 24.7 Å². The van der Waals surface area contributed by atoms with E-state index in [0.29, 0.717) is 25.4 Å². The van der Waals surface area contributed by atoms with E-state index in [-0.39, 0.29) is 24.3 Å². The highest BCUT2D eigenvalue weighted by Gasteiger charge is 2.17. The zero-order chi connectivity index (χ0) is 15.7. The molecule has 0 saturated carbocycles. The minimum absolute atomic E-state index is 0.126. The molecule has 0 unspecified atom stereocenters. The first-order valence-electron chi connectivity index (χ1n) is 6.80. The number of ether oxygens (including phenoxy) is 4. The van der Waals surface area contributed by atoms with Crippen LogP contribution in [0.2, 0.25) is 0 Å². The molecule has 7 heteroatoms. The molecule has 0 heterocycles. The lowest BCUT2D eigenvalue weighted by molar-refractivity contribution is -0.386. The molecular weight excluding hydrogens is 278 g/mol. The minimum atomic E-state index is -0.500. The maximum absolute atomic E-state index is 11.0. The van der Waals surface area contributed by atoms with Crippen LogP contribution in [-0.2, 0) is 9.47 Å². The molecule has 0 amide bonds. The molecule has 7 nitrogen and oxygen atoms in total. The van der Waals surface area contributed by atoms with Crippen molar-refractivity contribution < 1.29 is 23.9 Å². The van der Waals surface area contributed by atoms with Crippen molar-refractivity contribution in [1.29, 1.82) is 0 Å². The van der Waals surface area contributed by atoms with Crippen LogP contribution in [0.15, 0.2) is 18.2 Å². The van der Waals surface area contributed by atoms with Crippen LogP contribution < -0.4 is 9.47 Å². The number of nitrogens with zero attached hydrogens (tertiary/aromatic N) is 1. The summed E-state index contributed by atoms with van der Waals surface area (Å²) in [6, 6.07) is 4.47. The van der Waals surface area contributed by atoms with Crippen LogP contribution in [0.4, 0.5) is 5.69 Å². The fourth-order valence-corrected chi connectivity index (χ4v) is 1.74. The van der Waals surface area contributed by atoms with Crippen molar-refractivity contribution in [2.45, 2.75) is 26.6 Å². The van der Waals surface area contributed by atoms with Gasteiger partial charge in [-0.1, -0.05) is 0 Å². The summed E-state index contributed by atoms with van der Waals surface area (Å²) >= 11 is 0. The summed E-state index contributed by atoms with van der Waals surface area (Å²) in [5.41, 5.74) is -0.126. The van der Waals surface area contributed by atoms with Crippen molar-refractivity contribution in [2.24, 2.45) is 0 Å². The summed E-state index contributed by atoms with van der Waals surface area (Å²) in [4.78, 5) is 10.5. The van der Waals surface area contributed by atoms with Gasteiger partial charge in [0, 0.05) is 19.6 Å². The maximum atomic E-state index is 11.0. The van der Waals surface area contributed by atoms with Crippen molar-refractivity contribution in [2.75, 3.05) is 26.9 Å². The molecule has 0 fully saturated rings. The monoisotopic (exact) mass is 299 g/mol. The van der Waals surface area contributed by atoms with Crippen LogP contribution >= 0.6 is 0 Å². The minimum Gasteiger partial charge on any atom is -0.496 e. The lowest BCUT2D eigenvalue weighted by Crippen LogP contribution is -2.20. The van der Waals surface area contributed by atoms with Gasteiger partial charge in [-0.15, -0.1) is 0 Å². The Hall–Kier alpha value is -1.86. The molecule has 0 aromatic heterocycles. The average molecular weight is 299 g/mol. The first-order valence-corrected chi connectivity index (χ1v) is 6.80. The Bertz CT molecular complexity index is 445. The number of hydrogen-bond acceptors (Lipinski definition) is 6. The summed E-state index contributed by atoms with van der Waals surface area (Å²) in [5, 5.41) is 11.0. The second-order valence-electron chi connectivity index (χ2n) is 4.07. The topological polar surface area (TPSA) is 80.1 Å². The first-order chi connectivity index (χ1) is 10.1. The summed E-state index contributed by atoms with van der Waals surface area (Å²) in [6.07, 6.45) is 0.127. The van der Waals surface area contributed by atoms with Crippen molar-refractivity contribution in [3.8, 4) is 11.5 Å². The lowest BCUT2D eigenvalue weighted by Gasteiger charge is -2.17. The highest BCUT2D eigenvalue weighted by Crippen LogP contribution is 2.31. The number of methoxy groups -OCH3 is 1. The molecule has 0 bridgehead atoms. The van der Waals surface area contributed by atoms with Crippen molar-refractivity contribution in [3.63, 3.8) is 0 Å². The van der Waals surface area contributed by atoms with E-state index >= 15 is 0 Å². The number of nitro groups is 1. The van der Waals surface area contributed by atoms with Crippen molar-refractivity contribution in [1.82, 2.24) is 0 Å². The van der Waals surface area contributed by atoms with Gasteiger partial charge in [0.15, 0.2) is 12.0 Å². The van der Waals surface area contributed by atoms with Crippen molar-refractivity contribution in [3.05, 3.63) is 28.3 Å². The Kier molecular flexibility index (Phi) is 7.49. The Morgan fingerprint density at radius 2 is 1.90 bits per heavy atom. The second-order valence-corrected chi connectivity index (χ2v) is 4.07. The van der Waals surface area contributed by atoms with Gasteiger partial charge in [-0.3, -0.25) is 10.1 Å². The predicted molar refractivity (Wildman–Crippen MR) is 76.8 cm³/mol. The highest BCUT2D eigenvalue weighted by atomic mass is 16.7. The van der Waals surface area contributed by atoms with E-state index in [0.717, 1.165) is 0 Å². The quantitative estimate of drug-likeness (QED) is 0.375. The number of hydrogen-bond donors (Lipinski definition) is 0. The normalized spacial score (nSPS) is 10.7. The van der Waals surface area contributed by atoms with E-state index in [2.05, 4.69) is 0 Å². The van der Waals surface area contributed by atoms with Gasteiger partial charge < -0.3 is 18.9 Å². The molecule has 1 aromatic rings. The van der Waals surface area contributed by atoms with E-state index in [1.165, 1.54) is 19.2 Å². The number of rotatable bonds is 10. The zero-order valence-electron chi connectivity index (χ0n) is 12.5. The van der Waals surface area contributed by atoms with Gasteiger partial charge in [-0.2, -0.15) is 0 Å². The number of benzene rings is 1. The molecule has 118 valence electrons. The molecule has 0 spiro atoms. The van der Waals surface area contributed by atoms with E-state index in [1.807, 2.05) is 13.8 Å². The molecule has 1 aromatic carbocycles. The Morgan fingerprint density at radius 1 is 1.24 bits per heavy atom. The Morgan fingerprint density at radius 3 is 2.43 bits per heavy atom. The highest BCUT2D eigenvalue weighted by molar-refractivity contribution is 5.50. The first kappa shape index (κ1) is 17.2. The third-order valence-corrected chi connectivity index (χ3v) is 2.68. The molecule has 0 atom stereocenters. The molecule has 0 radical (unpaired) electrons. The lowest BCUT2D eigenvalue weighted by atomic mass is 10.3. The summed E-state index contributed by atoms with van der Waals surface area (Å²) in [5.74, 6) is 0.614. The van der Waals surface area contributed by atoms with Crippen LogP contribution in [0.25, 0.3) is 0 Å². The van der Waals surface area contributed by atoms with Crippen LogP contribution in [0.3, 0.4) is 0 Å². The second kappa shape index (κ2) is 9.15. The van der Waals surface area contributed by atoms with Gasteiger partial charge in [-0.25, -0.2) is 0 Å². The van der Waals surface area contributed by atoms with E-state index < -0.39 is 4.92 Å². The van der Waals surface area contributed by atoms with Gasteiger partial charge in [0.2, 0.25) is 0 Å². The molecule has 0 aliphatic rings. The van der Waals surface area contributed by atoms with E-state index in [1.54, 1.807) is 6.07 Å². The SMILES string of the molecule is CCOC(CCOc1ccc(OC)cc1[N+](=O)[O-])OCC. The van der Waals surface area contributed by atoms with E-state index in [9.17, 15) is 10.1 Å². The van der Waals surface area contributed by atoms with Crippen LogP contribution in [-0.4, -0.2) is 38.1 Å². The van der Waals surface area contributed by atoms with Crippen molar-refractivity contribution >= 4 is 5.69 Å². The van der Waals surface area contributed by atoms with Crippen LogP contribution in [0.5, 0.6) is 11.5 Å².